The molecular weight excluding hydrogens is 176 g/mol. The predicted molar refractivity (Wildman–Crippen MR) is 58.3 cm³/mol. The van der Waals surface area contributed by atoms with E-state index in [1.165, 1.54) is 11.1 Å². The molecule has 0 aliphatic rings. The molecule has 0 aromatic heterocycles. The van der Waals surface area contributed by atoms with Crippen LogP contribution in [0.25, 0.3) is 0 Å². The van der Waals surface area contributed by atoms with Gasteiger partial charge in [-0.15, -0.1) is 0 Å². The summed E-state index contributed by atoms with van der Waals surface area (Å²) in [6, 6.07) is 4.08. The number of rotatable bonds is 4. The van der Waals surface area contributed by atoms with Gasteiger partial charge >= 0.3 is 0 Å². The molecule has 0 atom stereocenters. The Morgan fingerprint density at radius 1 is 0.929 bits per heavy atom. The molecule has 14 heavy (non-hydrogen) atoms. The van der Waals surface area contributed by atoms with E-state index in [-0.39, 0.29) is 0 Å². The number of hydrogen-bond acceptors (Lipinski definition) is 2. The van der Waals surface area contributed by atoms with Crippen LogP contribution in [-0.4, -0.2) is 14.2 Å². The van der Waals surface area contributed by atoms with E-state index >= 15 is 0 Å². The van der Waals surface area contributed by atoms with Crippen molar-refractivity contribution in [2.45, 2.75) is 26.7 Å². The summed E-state index contributed by atoms with van der Waals surface area (Å²) in [7, 11) is 3.42. The summed E-state index contributed by atoms with van der Waals surface area (Å²) in [6.45, 7) is 4.24. The molecule has 1 aromatic rings. The van der Waals surface area contributed by atoms with Crippen molar-refractivity contribution in [1.29, 1.82) is 0 Å². The van der Waals surface area contributed by atoms with Crippen LogP contribution in [0.3, 0.4) is 0 Å². The van der Waals surface area contributed by atoms with Gasteiger partial charge in [0.25, 0.3) is 0 Å². The lowest BCUT2D eigenvalue weighted by molar-refractivity contribution is 0.395. The van der Waals surface area contributed by atoms with Crippen molar-refractivity contribution in [3.05, 3.63) is 23.3 Å². The smallest absolute Gasteiger partial charge is 0.125 e. The molecule has 0 aliphatic heterocycles. The van der Waals surface area contributed by atoms with Gasteiger partial charge in [-0.05, 0) is 36.1 Å². The van der Waals surface area contributed by atoms with E-state index in [4.69, 9.17) is 9.47 Å². The Bertz CT molecular complexity index is 280. The predicted octanol–water partition coefficient (Wildman–Crippen LogP) is 2.83. The molecule has 0 fully saturated rings. The minimum absolute atomic E-state index is 0.916. The average molecular weight is 194 g/mol. The fourth-order valence-electron chi connectivity index (χ4n) is 1.63. The number of aryl methyl sites for hydroxylation is 2. The van der Waals surface area contributed by atoms with E-state index in [0.29, 0.717) is 0 Å². The minimum Gasteiger partial charge on any atom is -0.497 e. The van der Waals surface area contributed by atoms with Crippen LogP contribution in [0.1, 0.15) is 25.0 Å². The molecule has 78 valence electrons. The van der Waals surface area contributed by atoms with E-state index in [2.05, 4.69) is 13.8 Å². The molecule has 1 rings (SSSR count). The zero-order chi connectivity index (χ0) is 10.6. The van der Waals surface area contributed by atoms with Crippen LogP contribution in [0.4, 0.5) is 0 Å². The second kappa shape index (κ2) is 4.89. The van der Waals surface area contributed by atoms with Gasteiger partial charge in [0.05, 0.1) is 14.2 Å². The Balaban J connectivity index is 3.24. The monoisotopic (exact) mass is 194 g/mol. The molecule has 0 amide bonds. The molecule has 0 heterocycles. The first-order valence-electron chi connectivity index (χ1n) is 5.00. The Hall–Kier alpha value is -1.18. The maximum atomic E-state index is 5.40. The highest BCUT2D eigenvalue weighted by Crippen LogP contribution is 2.30. The lowest BCUT2D eigenvalue weighted by atomic mass is 10.0. The molecule has 1 aromatic carbocycles. The maximum absolute atomic E-state index is 5.40. The van der Waals surface area contributed by atoms with Crippen LogP contribution in [0.5, 0.6) is 11.5 Å². The third-order valence-corrected chi connectivity index (χ3v) is 2.42. The molecular formula is C12H18O2. The van der Waals surface area contributed by atoms with Crippen molar-refractivity contribution in [3.8, 4) is 11.5 Å². The summed E-state index contributed by atoms with van der Waals surface area (Å²) in [6.07, 6.45) is 1.93. The van der Waals surface area contributed by atoms with Crippen LogP contribution in [-0.2, 0) is 12.8 Å². The second-order valence-electron chi connectivity index (χ2n) is 3.19. The van der Waals surface area contributed by atoms with Crippen LogP contribution < -0.4 is 9.47 Å². The lowest BCUT2D eigenvalue weighted by Gasteiger charge is -2.13. The van der Waals surface area contributed by atoms with E-state index < -0.39 is 0 Å². The zero-order valence-corrected chi connectivity index (χ0v) is 9.39. The maximum Gasteiger partial charge on any atom is 0.125 e. The highest BCUT2D eigenvalue weighted by molar-refractivity contribution is 5.47. The molecule has 0 N–H and O–H groups in total. The molecule has 0 radical (unpaired) electrons. The van der Waals surface area contributed by atoms with Gasteiger partial charge in [0, 0.05) is 0 Å². The molecule has 0 unspecified atom stereocenters. The van der Waals surface area contributed by atoms with Crippen molar-refractivity contribution in [2.24, 2.45) is 0 Å². The molecule has 2 heteroatoms. The Labute approximate surface area is 85.8 Å². The number of methoxy groups -OCH3 is 2. The van der Waals surface area contributed by atoms with Crippen LogP contribution in [0.2, 0.25) is 0 Å². The first kappa shape index (κ1) is 10.9. The van der Waals surface area contributed by atoms with Gasteiger partial charge in [-0.1, -0.05) is 13.8 Å². The van der Waals surface area contributed by atoms with Crippen molar-refractivity contribution < 1.29 is 9.47 Å². The van der Waals surface area contributed by atoms with Crippen molar-refractivity contribution in [3.63, 3.8) is 0 Å². The molecule has 2 nitrogen and oxygen atoms in total. The fourth-order valence-corrected chi connectivity index (χ4v) is 1.63. The number of hydrogen-bond donors (Lipinski definition) is 0. The van der Waals surface area contributed by atoms with Gasteiger partial charge in [-0.3, -0.25) is 0 Å². The summed E-state index contributed by atoms with van der Waals surface area (Å²) in [5, 5.41) is 0. The topological polar surface area (TPSA) is 18.5 Å². The summed E-state index contributed by atoms with van der Waals surface area (Å²) in [5.41, 5.74) is 2.42. The summed E-state index contributed by atoms with van der Waals surface area (Å²) < 4.78 is 10.6. The lowest BCUT2D eigenvalue weighted by Crippen LogP contribution is -1.97. The summed E-state index contributed by atoms with van der Waals surface area (Å²) in [4.78, 5) is 0. The van der Waals surface area contributed by atoms with Crippen LogP contribution in [0.15, 0.2) is 12.1 Å². The van der Waals surface area contributed by atoms with E-state index in [1.54, 1.807) is 14.2 Å². The van der Waals surface area contributed by atoms with Crippen LogP contribution in [0, 0.1) is 0 Å². The molecule has 0 saturated heterocycles. The van der Waals surface area contributed by atoms with E-state index in [0.717, 1.165) is 24.3 Å². The zero-order valence-electron chi connectivity index (χ0n) is 9.39. The Morgan fingerprint density at radius 2 is 1.43 bits per heavy atom. The van der Waals surface area contributed by atoms with Gasteiger partial charge in [0.2, 0.25) is 0 Å². The highest BCUT2D eigenvalue weighted by atomic mass is 16.5. The minimum atomic E-state index is 0.916. The van der Waals surface area contributed by atoms with Crippen molar-refractivity contribution in [1.82, 2.24) is 0 Å². The van der Waals surface area contributed by atoms with Gasteiger partial charge in [-0.25, -0.2) is 0 Å². The first-order chi connectivity index (χ1) is 6.76. The van der Waals surface area contributed by atoms with Crippen molar-refractivity contribution >= 4 is 0 Å². The van der Waals surface area contributed by atoms with E-state index in [9.17, 15) is 0 Å². The molecule has 0 aliphatic carbocycles. The number of ether oxygens (including phenoxy) is 2. The summed E-state index contributed by atoms with van der Waals surface area (Å²) in [5.74, 6) is 1.93. The largest absolute Gasteiger partial charge is 0.497 e. The first-order valence-corrected chi connectivity index (χ1v) is 5.00. The third kappa shape index (κ3) is 2.00. The molecule has 0 saturated carbocycles. The standard InChI is InChI=1S/C12H18O2/c1-5-9-7-11(13-3)8-10(6-2)12(9)14-4/h7-8H,5-6H2,1-4H3. The van der Waals surface area contributed by atoms with Crippen LogP contribution >= 0.6 is 0 Å². The molecule has 0 spiro atoms. The second-order valence-corrected chi connectivity index (χ2v) is 3.19. The normalized spacial score (nSPS) is 10.0. The third-order valence-electron chi connectivity index (χ3n) is 2.42. The SMILES string of the molecule is CCc1cc(OC)cc(CC)c1OC. The van der Waals surface area contributed by atoms with Crippen molar-refractivity contribution in [2.75, 3.05) is 14.2 Å². The Kier molecular flexibility index (Phi) is 3.81. The molecule has 0 bridgehead atoms. The summed E-state index contributed by atoms with van der Waals surface area (Å²) >= 11 is 0. The van der Waals surface area contributed by atoms with Gasteiger partial charge in [0.1, 0.15) is 11.5 Å². The van der Waals surface area contributed by atoms with Gasteiger partial charge in [0.15, 0.2) is 0 Å². The van der Waals surface area contributed by atoms with Gasteiger partial charge < -0.3 is 9.47 Å². The average Bonchev–Trinajstić information content (AvgIpc) is 2.26. The van der Waals surface area contributed by atoms with E-state index in [1.807, 2.05) is 12.1 Å². The van der Waals surface area contributed by atoms with Gasteiger partial charge in [-0.2, -0.15) is 0 Å². The quantitative estimate of drug-likeness (QED) is 0.733. The fraction of sp³-hybridized carbons (Fsp3) is 0.500. The Morgan fingerprint density at radius 3 is 1.71 bits per heavy atom. The highest BCUT2D eigenvalue weighted by Gasteiger charge is 2.09. The number of benzene rings is 1.